The van der Waals surface area contributed by atoms with Gasteiger partial charge in [0.05, 0.1) is 23.6 Å². The maximum Gasteiger partial charge on any atom is 0.124 e. The number of nitrogens with zero attached hydrogens (tertiary/aromatic N) is 2. The molecule has 6 heteroatoms. The second-order valence-electron chi connectivity index (χ2n) is 4.24. The predicted octanol–water partition coefficient (Wildman–Crippen LogP) is 2.32. The normalized spacial score (nSPS) is 12.4. The summed E-state index contributed by atoms with van der Waals surface area (Å²) in [6.45, 7) is 1.86. The van der Waals surface area contributed by atoms with Crippen LogP contribution in [0.2, 0.25) is 5.02 Å². The molecule has 1 unspecified atom stereocenters. The summed E-state index contributed by atoms with van der Waals surface area (Å²) < 4.78 is 13.0. The monoisotopic (exact) mass is 280 g/mol. The second kappa shape index (κ2) is 6.06. The Balaban J connectivity index is 2.21. The Morgan fingerprint density at radius 1 is 1.37 bits per heavy atom. The molecule has 1 atom stereocenters. The topological polar surface area (TPSA) is 63.8 Å². The smallest absolute Gasteiger partial charge is 0.124 e. The van der Waals surface area contributed by atoms with Crippen molar-refractivity contribution in [3.05, 3.63) is 58.4 Å². The van der Waals surface area contributed by atoms with E-state index in [1.165, 1.54) is 12.1 Å². The fourth-order valence-electron chi connectivity index (χ4n) is 1.74. The number of benzene rings is 1. The first-order valence-electron chi connectivity index (χ1n) is 5.78. The van der Waals surface area contributed by atoms with E-state index in [-0.39, 0.29) is 11.9 Å². The number of hydrogen-bond acceptors (Lipinski definition) is 4. The lowest BCUT2D eigenvalue weighted by Crippen LogP contribution is -2.30. The maximum absolute atomic E-state index is 13.0. The van der Waals surface area contributed by atoms with Crippen LogP contribution in [0.25, 0.3) is 0 Å². The first-order chi connectivity index (χ1) is 9.10. The van der Waals surface area contributed by atoms with E-state index in [9.17, 15) is 4.39 Å². The predicted molar refractivity (Wildman–Crippen MR) is 71.9 cm³/mol. The van der Waals surface area contributed by atoms with Gasteiger partial charge >= 0.3 is 0 Å². The number of nitrogens with one attached hydrogen (secondary N) is 1. The van der Waals surface area contributed by atoms with Crippen LogP contribution in [0.3, 0.4) is 0 Å². The van der Waals surface area contributed by atoms with Gasteiger partial charge in [-0.05, 0) is 31.0 Å². The summed E-state index contributed by atoms with van der Waals surface area (Å²) in [5.74, 6) is 5.18. The summed E-state index contributed by atoms with van der Waals surface area (Å²) in [6, 6.07) is 4.07. The third-order valence-corrected chi connectivity index (χ3v) is 3.15. The number of aryl methyl sites for hydroxylation is 1. The molecule has 0 radical (unpaired) electrons. The van der Waals surface area contributed by atoms with Crippen LogP contribution in [0.5, 0.6) is 0 Å². The van der Waals surface area contributed by atoms with Crippen molar-refractivity contribution in [3.8, 4) is 0 Å². The van der Waals surface area contributed by atoms with Gasteiger partial charge < -0.3 is 0 Å². The molecule has 0 aliphatic heterocycles. The summed E-state index contributed by atoms with van der Waals surface area (Å²) in [7, 11) is 0. The lowest BCUT2D eigenvalue weighted by atomic mass is 10.0. The van der Waals surface area contributed by atoms with Gasteiger partial charge in [-0.1, -0.05) is 17.7 Å². The molecule has 1 heterocycles. The average Bonchev–Trinajstić information content (AvgIpc) is 2.39. The standard InChI is InChI=1S/C13H14ClFN4/c1-8-6-18-13(7-17-8)12(19-16)4-9-2-3-10(15)5-11(9)14/h2-3,5-7,12,19H,4,16H2,1H3. The molecule has 100 valence electrons. The third-order valence-electron chi connectivity index (χ3n) is 2.80. The Morgan fingerprint density at radius 3 is 2.74 bits per heavy atom. The molecule has 0 aliphatic carbocycles. The number of halogens is 2. The van der Waals surface area contributed by atoms with Crippen LogP contribution in [0.4, 0.5) is 4.39 Å². The zero-order chi connectivity index (χ0) is 13.8. The molecular formula is C13H14ClFN4. The summed E-state index contributed by atoms with van der Waals surface area (Å²) >= 11 is 6.00. The van der Waals surface area contributed by atoms with Crippen molar-refractivity contribution < 1.29 is 4.39 Å². The maximum atomic E-state index is 13.0. The SMILES string of the molecule is Cc1cnc(C(Cc2ccc(F)cc2Cl)NN)cn1. The quantitative estimate of drug-likeness (QED) is 0.666. The molecular weight excluding hydrogens is 267 g/mol. The minimum absolute atomic E-state index is 0.226. The van der Waals surface area contributed by atoms with Gasteiger partial charge in [-0.15, -0.1) is 0 Å². The van der Waals surface area contributed by atoms with Gasteiger partial charge in [0.25, 0.3) is 0 Å². The number of hydrazine groups is 1. The van der Waals surface area contributed by atoms with Gasteiger partial charge in [0.15, 0.2) is 0 Å². The van der Waals surface area contributed by atoms with Crippen molar-refractivity contribution in [1.82, 2.24) is 15.4 Å². The molecule has 2 rings (SSSR count). The van der Waals surface area contributed by atoms with Gasteiger partial charge in [0.2, 0.25) is 0 Å². The summed E-state index contributed by atoms with van der Waals surface area (Å²) in [5.41, 5.74) is 5.02. The molecule has 1 aromatic heterocycles. The van der Waals surface area contributed by atoms with E-state index in [2.05, 4.69) is 15.4 Å². The number of hydrogen-bond donors (Lipinski definition) is 2. The fourth-order valence-corrected chi connectivity index (χ4v) is 1.98. The average molecular weight is 281 g/mol. The Morgan fingerprint density at radius 2 is 2.16 bits per heavy atom. The molecule has 2 aromatic rings. The Bertz CT molecular complexity index is 559. The van der Waals surface area contributed by atoms with Crippen molar-refractivity contribution in [2.75, 3.05) is 0 Å². The summed E-state index contributed by atoms with van der Waals surface area (Å²) in [6.07, 6.45) is 3.84. The van der Waals surface area contributed by atoms with E-state index in [0.717, 1.165) is 11.3 Å². The zero-order valence-electron chi connectivity index (χ0n) is 10.4. The van der Waals surface area contributed by atoms with Crippen molar-refractivity contribution in [1.29, 1.82) is 0 Å². The van der Waals surface area contributed by atoms with Crippen LogP contribution in [0.1, 0.15) is 23.0 Å². The Labute approximate surface area is 115 Å². The van der Waals surface area contributed by atoms with Gasteiger partial charge in [-0.25, -0.2) is 4.39 Å². The molecule has 4 nitrogen and oxygen atoms in total. The van der Waals surface area contributed by atoms with E-state index >= 15 is 0 Å². The van der Waals surface area contributed by atoms with E-state index in [1.54, 1.807) is 18.5 Å². The van der Waals surface area contributed by atoms with Crippen LogP contribution >= 0.6 is 11.6 Å². The number of rotatable bonds is 4. The van der Waals surface area contributed by atoms with Gasteiger partial charge in [-0.2, -0.15) is 0 Å². The highest BCUT2D eigenvalue weighted by Crippen LogP contribution is 2.22. The Kier molecular flexibility index (Phi) is 4.42. The molecule has 3 N–H and O–H groups in total. The molecule has 0 fully saturated rings. The zero-order valence-corrected chi connectivity index (χ0v) is 11.2. The minimum Gasteiger partial charge on any atom is -0.271 e. The van der Waals surface area contributed by atoms with Gasteiger partial charge in [0.1, 0.15) is 5.82 Å². The highest BCUT2D eigenvalue weighted by Gasteiger charge is 2.14. The second-order valence-corrected chi connectivity index (χ2v) is 4.65. The molecule has 19 heavy (non-hydrogen) atoms. The van der Waals surface area contributed by atoms with Crippen molar-refractivity contribution in [2.24, 2.45) is 5.84 Å². The van der Waals surface area contributed by atoms with E-state index in [4.69, 9.17) is 17.4 Å². The Hall–Kier alpha value is -1.56. The lowest BCUT2D eigenvalue weighted by Gasteiger charge is -2.16. The summed E-state index contributed by atoms with van der Waals surface area (Å²) in [5, 5.41) is 0.375. The van der Waals surface area contributed by atoms with E-state index < -0.39 is 0 Å². The largest absolute Gasteiger partial charge is 0.271 e. The molecule has 0 saturated heterocycles. The van der Waals surface area contributed by atoms with Crippen LogP contribution < -0.4 is 11.3 Å². The van der Waals surface area contributed by atoms with Crippen LogP contribution in [-0.2, 0) is 6.42 Å². The molecule has 0 aliphatic rings. The van der Waals surface area contributed by atoms with E-state index in [0.29, 0.717) is 17.1 Å². The highest BCUT2D eigenvalue weighted by molar-refractivity contribution is 6.31. The molecule has 0 spiro atoms. The van der Waals surface area contributed by atoms with Crippen molar-refractivity contribution >= 4 is 11.6 Å². The molecule has 1 aromatic carbocycles. The van der Waals surface area contributed by atoms with Gasteiger partial charge in [0, 0.05) is 11.2 Å². The fraction of sp³-hybridized carbons (Fsp3) is 0.231. The van der Waals surface area contributed by atoms with Crippen molar-refractivity contribution in [3.63, 3.8) is 0 Å². The number of aromatic nitrogens is 2. The molecule has 0 saturated carbocycles. The van der Waals surface area contributed by atoms with Crippen LogP contribution in [-0.4, -0.2) is 9.97 Å². The lowest BCUT2D eigenvalue weighted by molar-refractivity contribution is 0.535. The first-order valence-corrected chi connectivity index (χ1v) is 6.16. The van der Waals surface area contributed by atoms with Gasteiger partial charge in [-0.3, -0.25) is 21.2 Å². The van der Waals surface area contributed by atoms with Crippen molar-refractivity contribution in [2.45, 2.75) is 19.4 Å². The summed E-state index contributed by atoms with van der Waals surface area (Å²) in [4.78, 5) is 8.45. The first kappa shape index (κ1) is 13.9. The third kappa shape index (κ3) is 3.47. The highest BCUT2D eigenvalue weighted by atomic mass is 35.5. The van der Waals surface area contributed by atoms with E-state index in [1.807, 2.05) is 6.92 Å². The van der Waals surface area contributed by atoms with Crippen LogP contribution in [0, 0.1) is 12.7 Å². The van der Waals surface area contributed by atoms with Crippen LogP contribution in [0.15, 0.2) is 30.6 Å². The molecule has 0 bridgehead atoms. The molecule has 0 amide bonds. The number of nitrogens with two attached hydrogens (primary N) is 1. The minimum atomic E-state index is -0.360.